The molecular formula is C13H10Cl2N4O. The van der Waals surface area contributed by atoms with Gasteiger partial charge in [-0.25, -0.2) is 4.79 Å². The van der Waals surface area contributed by atoms with E-state index in [1.165, 1.54) is 0 Å². The summed E-state index contributed by atoms with van der Waals surface area (Å²) in [5, 5.41) is 8.40. The van der Waals surface area contributed by atoms with E-state index >= 15 is 0 Å². The maximum absolute atomic E-state index is 12.0. The van der Waals surface area contributed by atoms with Gasteiger partial charge in [0.25, 0.3) is 0 Å². The quantitative estimate of drug-likeness (QED) is 0.459. The lowest BCUT2D eigenvalue weighted by molar-refractivity contribution is 0.249. The minimum absolute atomic E-state index is 0.481. The van der Waals surface area contributed by atoms with Crippen LogP contribution in [0.1, 0.15) is 0 Å². The molecule has 7 heteroatoms. The van der Waals surface area contributed by atoms with Gasteiger partial charge in [0.05, 0.1) is 11.4 Å². The third-order valence-corrected chi connectivity index (χ3v) is 2.64. The van der Waals surface area contributed by atoms with Crippen LogP contribution in [-0.4, -0.2) is 10.1 Å². The van der Waals surface area contributed by atoms with Crippen LogP contribution in [0.3, 0.4) is 0 Å². The van der Waals surface area contributed by atoms with Gasteiger partial charge in [0, 0.05) is 23.6 Å². The highest BCUT2D eigenvalue weighted by Gasteiger charge is 2.20. The molecule has 20 heavy (non-hydrogen) atoms. The van der Waals surface area contributed by atoms with Crippen LogP contribution in [0.4, 0.5) is 16.2 Å². The summed E-state index contributed by atoms with van der Waals surface area (Å²) in [6.45, 7) is 0. The summed E-state index contributed by atoms with van der Waals surface area (Å²) in [5.74, 6) is 0. The first kappa shape index (κ1) is 14.5. The standard InChI is InChI=1S/C13H10Cl2N4O/c14-19(15)18(12-9-5-2-6-10-12)13(20)17-16-11-7-3-1-4-8-11/h1-10H. The zero-order valence-electron chi connectivity index (χ0n) is 10.2. The number of nitrogens with zero attached hydrogens (tertiary/aromatic N) is 4. The summed E-state index contributed by atoms with van der Waals surface area (Å²) in [5.41, 5.74) is 1.04. The molecule has 0 bridgehead atoms. The Balaban J connectivity index is 2.19. The molecule has 102 valence electrons. The zero-order valence-corrected chi connectivity index (χ0v) is 11.7. The van der Waals surface area contributed by atoms with Gasteiger partial charge in [0.15, 0.2) is 0 Å². The summed E-state index contributed by atoms with van der Waals surface area (Å²) in [4.78, 5) is 12.0. The smallest absolute Gasteiger partial charge is 0.242 e. The summed E-state index contributed by atoms with van der Waals surface area (Å²) in [6.07, 6.45) is 0. The van der Waals surface area contributed by atoms with Gasteiger partial charge in [-0.3, -0.25) is 0 Å². The van der Waals surface area contributed by atoms with Gasteiger partial charge in [-0.1, -0.05) is 41.5 Å². The van der Waals surface area contributed by atoms with Gasteiger partial charge in [-0.05, 0) is 28.3 Å². The van der Waals surface area contributed by atoms with E-state index in [2.05, 4.69) is 10.2 Å². The lowest BCUT2D eigenvalue weighted by Gasteiger charge is -2.20. The summed E-state index contributed by atoms with van der Waals surface area (Å²) in [7, 11) is 0. The lowest BCUT2D eigenvalue weighted by atomic mass is 10.3. The van der Waals surface area contributed by atoms with Crippen molar-refractivity contribution in [3.05, 3.63) is 60.7 Å². The molecule has 0 heterocycles. The number of rotatable bonds is 3. The Morgan fingerprint density at radius 2 is 1.45 bits per heavy atom. The second kappa shape index (κ2) is 7.00. The van der Waals surface area contributed by atoms with Crippen LogP contribution in [0.5, 0.6) is 0 Å². The number of hydrogen-bond donors (Lipinski definition) is 0. The van der Waals surface area contributed by atoms with Crippen LogP contribution in [0.15, 0.2) is 70.9 Å². The van der Waals surface area contributed by atoms with Crippen LogP contribution in [0.25, 0.3) is 0 Å². The average Bonchev–Trinajstić information content (AvgIpc) is 2.47. The Bertz CT molecular complexity index is 590. The molecule has 0 saturated carbocycles. The number of para-hydroxylation sites is 1. The minimum Gasteiger partial charge on any atom is -0.242 e. The van der Waals surface area contributed by atoms with Crippen LogP contribution in [0.2, 0.25) is 0 Å². The molecule has 5 nitrogen and oxygen atoms in total. The van der Waals surface area contributed by atoms with Gasteiger partial charge < -0.3 is 0 Å². The fourth-order valence-corrected chi connectivity index (χ4v) is 1.77. The van der Waals surface area contributed by atoms with Crippen LogP contribution < -0.4 is 5.01 Å². The van der Waals surface area contributed by atoms with E-state index in [1.807, 2.05) is 12.1 Å². The van der Waals surface area contributed by atoms with Crippen molar-refractivity contribution >= 4 is 41.0 Å². The van der Waals surface area contributed by atoms with Crippen molar-refractivity contribution in [1.82, 2.24) is 4.05 Å². The lowest BCUT2D eigenvalue weighted by Crippen LogP contribution is -2.33. The number of azo groups is 1. The first-order valence-corrected chi connectivity index (χ1v) is 6.33. The first-order chi connectivity index (χ1) is 9.68. The van der Waals surface area contributed by atoms with Crippen LogP contribution in [0, 0.1) is 0 Å². The van der Waals surface area contributed by atoms with Crippen molar-refractivity contribution in [2.45, 2.75) is 0 Å². The largest absolute Gasteiger partial charge is 0.383 e. The first-order valence-electron chi connectivity index (χ1n) is 5.66. The molecule has 0 aliphatic heterocycles. The molecule has 2 aromatic carbocycles. The molecule has 0 N–H and O–H groups in total. The van der Waals surface area contributed by atoms with E-state index in [4.69, 9.17) is 23.6 Å². The maximum Gasteiger partial charge on any atom is 0.383 e. The Morgan fingerprint density at radius 1 is 0.900 bits per heavy atom. The molecule has 2 amide bonds. The number of hydrazine groups is 1. The van der Waals surface area contributed by atoms with E-state index in [-0.39, 0.29) is 0 Å². The van der Waals surface area contributed by atoms with Gasteiger partial charge >= 0.3 is 6.03 Å². The third kappa shape index (κ3) is 3.77. The van der Waals surface area contributed by atoms with Gasteiger partial charge in [-0.2, -0.15) is 5.01 Å². The second-order valence-electron chi connectivity index (χ2n) is 3.68. The Labute approximate surface area is 126 Å². The van der Waals surface area contributed by atoms with Crippen molar-refractivity contribution in [3.63, 3.8) is 0 Å². The van der Waals surface area contributed by atoms with E-state index < -0.39 is 6.03 Å². The Kier molecular flexibility index (Phi) is 5.06. The molecule has 0 aliphatic rings. The molecule has 0 radical (unpaired) electrons. The van der Waals surface area contributed by atoms with E-state index in [0.717, 1.165) is 5.01 Å². The molecule has 0 spiro atoms. The summed E-state index contributed by atoms with van der Waals surface area (Å²) in [6, 6.07) is 16.8. The fraction of sp³-hybridized carbons (Fsp3) is 0. The van der Waals surface area contributed by atoms with Crippen molar-refractivity contribution in [2.75, 3.05) is 5.01 Å². The van der Waals surface area contributed by atoms with Crippen LogP contribution >= 0.6 is 23.6 Å². The predicted molar refractivity (Wildman–Crippen MR) is 78.8 cm³/mol. The van der Waals surface area contributed by atoms with E-state index in [1.54, 1.807) is 48.5 Å². The molecular weight excluding hydrogens is 299 g/mol. The van der Waals surface area contributed by atoms with E-state index in [0.29, 0.717) is 15.4 Å². The molecule has 0 saturated heterocycles. The van der Waals surface area contributed by atoms with Gasteiger partial charge in [-0.15, -0.1) is 5.11 Å². The number of benzene rings is 2. The molecule has 0 aliphatic carbocycles. The average molecular weight is 309 g/mol. The molecule has 0 fully saturated rings. The van der Waals surface area contributed by atoms with E-state index in [9.17, 15) is 4.79 Å². The van der Waals surface area contributed by atoms with Crippen LogP contribution in [-0.2, 0) is 0 Å². The highest BCUT2D eigenvalue weighted by Crippen LogP contribution is 2.21. The Hall–Kier alpha value is -1.95. The second-order valence-corrected chi connectivity index (χ2v) is 4.49. The van der Waals surface area contributed by atoms with Gasteiger partial charge in [0.1, 0.15) is 0 Å². The highest BCUT2D eigenvalue weighted by molar-refractivity contribution is 6.35. The number of urea groups is 1. The van der Waals surface area contributed by atoms with Crippen molar-refractivity contribution in [1.29, 1.82) is 0 Å². The van der Waals surface area contributed by atoms with Crippen molar-refractivity contribution < 1.29 is 4.79 Å². The topological polar surface area (TPSA) is 48.3 Å². The number of halogens is 2. The fourth-order valence-electron chi connectivity index (χ4n) is 1.47. The molecule has 0 aromatic heterocycles. The normalized spacial score (nSPS) is 10.9. The predicted octanol–water partition coefficient (Wildman–Crippen LogP) is 4.92. The molecule has 0 unspecified atom stereocenters. The summed E-state index contributed by atoms with van der Waals surface area (Å²) < 4.78 is 0.613. The molecule has 2 aromatic rings. The number of hydrogen-bond acceptors (Lipinski definition) is 3. The molecule has 2 rings (SSSR count). The SMILES string of the molecule is O=C(N=Nc1ccccc1)N(c1ccccc1)N(Cl)Cl. The highest BCUT2D eigenvalue weighted by atomic mass is 35.5. The minimum atomic E-state index is -0.704. The zero-order chi connectivity index (χ0) is 14.4. The third-order valence-electron chi connectivity index (χ3n) is 2.34. The summed E-state index contributed by atoms with van der Waals surface area (Å²) >= 11 is 11.3. The number of carbonyl (C=O) groups excluding carboxylic acids is 1. The number of anilines is 1. The molecule has 0 atom stereocenters. The van der Waals surface area contributed by atoms with Crippen molar-refractivity contribution in [3.8, 4) is 0 Å². The van der Waals surface area contributed by atoms with Gasteiger partial charge in [0.2, 0.25) is 0 Å². The number of carbonyl (C=O) groups is 1. The number of amides is 2. The maximum atomic E-state index is 12.0. The Morgan fingerprint density at radius 3 is 2.00 bits per heavy atom. The van der Waals surface area contributed by atoms with Crippen molar-refractivity contribution in [2.24, 2.45) is 10.2 Å². The monoisotopic (exact) mass is 308 g/mol.